The molecule has 2 aliphatic heterocycles. The average molecular weight is 506 g/mol. The van der Waals surface area contributed by atoms with Crippen LogP contribution < -0.4 is 9.47 Å². The third-order valence-electron chi connectivity index (χ3n) is 6.96. The van der Waals surface area contributed by atoms with Crippen LogP contribution in [0.25, 0.3) is 0 Å². The van der Waals surface area contributed by atoms with Gasteiger partial charge >= 0.3 is 0 Å². The number of hydrogen-bond donors (Lipinski definition) is 0. The molecule has 0 radical (unpaired) electrons. The molecule has 2 amide bonds. The van der Waals surface area contributed by atoms with Gasteiger partial charge in [-0.2, -0.15) is 0 Å². The van der Waals surface area contributed by atoms with Gasteiger partial charge in [0, 0.05) is 24.4 Å². The Balaban J connectivity index is 1.07. The normalized spacial score (nSPS) is 16.5. The fraction of sp³-hybridized carbons (Fsp3) is 0.393. The molecule has 5 rings (SSSR count). The summed E-state index contributed by atoms with van der Waals surface area (Å²) < 4.78 is 11.6. The Morgan fingerprint density at radius 3 is 2.44 bits per heavy atom. The minimum Gasteiger partial charge on any atom is -0.487 e. The lowest BCUT2D eigenvalue weighted by Crippen LogP contribution is -2.56. The van der Waals surface area contributed by atoms with Crippen LogP contribution in [0.1, 0.15) is 45.4 Å². The number of ether oxygens (including phenoxy) is 2. The fourth-order valence-corrected chi connectivity index (χ4v) is 5.49. The van der Waals surface area contributed by atoms with Gasteiger partial charge in [-0.25, -0.2) is 4.98 Å². The van der Waals surface area contributed by atoms with Gasteiger partial charge < -0.3 is 19.3 Å². The molecule has 3 heterocycles. The fourth-order valence-electron chi connectivity index (χ4n) is 4.52. The first-order valence-electron chi connectivity index (χ1n) is 12.4. The van der Waals surface area contributed by atoms with E-state index in [1.54, 1.807) is 16.2 Å². The quantitative estimate of drug-likeness (QED) is 0.475. The van der Waals surface area contributed by atoms with E-state index in [1.165, 1.54) is 5.56 Å². The topological polar surface area (TPSA) is 72.0 Å². The molecule has 0 atom stereocenters. The monoisotopic (exact) mass is 505 g/mol. The number of carbonyl (C=O) groups is 2. The van der Waals surface area contributed by atoms with Crippen LogP contribution in [0.15, 0.2) is 53.9 Å². The van der Waals surface area contributed by atoms with E-state index in [2.05, 4.69) is 11.9 Å². The zero-order chi connectivity index (χ0) is 25.1. The maximum absolute atomic E-state index is 12.8. The lowest BCUT2D eigenvalue weighted by molar-refractivity contribution is -0.134. The lowest BCUT2D eigenvalue weighted by Gasteiger charge is -2.38. The van der Waals surface area contributed by atoms with Crippen molar-refractivity contribution in [3.63, 3.8) is 0 Å². The number of amides is 2. The molecule has 2 aromatic carbocycles. The number of thiazole rings is 1. The van der Waals surface area contributed by atoms with E-state index in [-0.39, 0.29) is 30.4 Å². The molecule has 3 aromatic rings. The molecule has 0 saturated carbocycles. The number of aromatic nitrogens is 1. The molecule has 36 heavy (non-hydrogen) atoms. The summed E-state index contributed by atoms with van der Waals surface area (Å²) in [5.41, 5.74) is 2.86. The largest absolute Gasteiger partial charge is 0.487 e. The molecule has 0 N–H and O–H groups in total. The van der Waals surface area contributed by atoms with Crippen molar-refractivity contribution in [2.75, 3.05) is 32.8 Å². The number of nitrogens with zero attached hydrogens (tertiary/aromatic N) is 3. The van der Waals surface area contributed by atoms with Crippen LogP contribution in [0.3, 0.4) is 0 Å². The van der Waals surface area contributed by atoms with Crippen molar-refractivity contribution in [1.29, 1.82) is 0 Å². The predicted octanol–water partition coefficient (Wildman–Crippen LogP) is 4.45. The van der Waals surface area contributed by atoms with Crippen LogP contribution in [-0.2, 0) is 4.79 Å². The van der Waals surface area contributed by atoms with Crippen LogP contribution in [0.5, 0.6) is 11.5 Å². The zero-order valence-electron chi connectivity index (χ0n) is 20.7. The number of hydrogen-bond acceptors (Lipinski definition) is 6. The van der Waals surface area contributed by atoms with E-state index >= 15 is 0 Å². The van der Waals surface area contributed by atoms with Crippen molar-refractivity contribution in [1.82, 2.24) is 14.8 Å². The number of para-hydroxylation sites is 1. The van der Waals surface area contributed by atoms with Gasteiger partial charge in [0.2, 0.25) is 0 Å². The van der Waals surface area contributed by atoms with Crippen molar-refractivity contribution in [3.8, 4) is 11.5 Å². The molecule has 0 spiro atoms. The Hall–Kier alpha value is -3.39. The Bertz CT molecular complexity index is 1210. The van der Waals surface area contributed by atoms with Gasteiger partial charge in [0.1, 0.15) is 23.3 Å². The Morgan fingerprint density at radius 2 is 1.72 bits per heavy atom. The maximum Gasteiger partial charge on any atom is 0.273 e. The molecule has 0 unspecified atom stereocenters. The van der Waals surface area contributed by atoms with Gasteiger partial charge in [-0.1, -0.05) is 24.3 Å². The number of carbonyl (C=O) groups excluding carboxylic acids is 2. The van der Waals surface area contributed by atoms with Crippen molar-refractivity contribution >= 4 is 23.2 Å². The first kappa shape index (κ1) is 24.3. The summed E-state index contributed by atoms with van der Waals surface area (Å²) in [5.74, 6) is 1.79. The first-order chi connectivity index (χ1) is 17.5. The van der Waals surface area contributed by atoms with E-state index in [4.69, 9.17) is 9.47 Å². The first-order valence-corrected chi connectivity index (χ1v) is 13.3. The van der Waals surface area contributed by atoms with E-state index in [0.717, 1.165) is 34.9 Å². The van der Waals surface area contributed by atoms with Crippen LogP contribution in [-0.4, -0.2) is 65.5 Å². The highest BCUT2D eigenvalue weighted by atomic mass is 32.1. The molecule has 0 bridgehead atoms. The SMILES string of the molecule is Cc1ccc(OCC(=O)N2CCC(c3nc(C(=O)N4CC(Oc5ccccc5)C4)cs3)CC2)cc1C. The molecule has 0 aliphatic carbocycles. The molecular formula is C28H31N3O4S. The summed E-state index contributed by atoms with van der Waals surface area (Å²) in [6.07, 6.45) is 1.70. The molecule has 2 fully saturated rings. The second kappa shape index (κ2) is 10.7. The van der Waals surface area contributed by atoms with Gasteiger partial charge in [0.15, 0.2) is 6.61 Å². The van der Waals surface area contributed by atoms with Crippen LogP contribution in [0.2, 0.25) is 0 Å². The second-order valence-corrected chi connectivity index (χ2v) is 10.4. The summed E-state index contributed by atoms with van der Waals surface area (Å²) in [4.78, 5) is 33.8. The third kappa shape index (κ3) is 5.54. The molecule has 8 heteroatoms. The second-order valence-electron chi connectivity index (χ2n) is 9.52. The van der Waals surface area contributed by atoms with E-state index in [1.807, 2.05) is 65.7 Å². The van der Waals surface area contributed by atoms with Gasteiger partial charge in [-0.3, -0.25) is 9.59 Å². The van der Waals surface area contributed by atoms with Crippen molar-refractivity contribution < 1.29 is 19.1 Å². The van der Waals surface area contributed by atoms with E-state index in [0.29, 0.717) is 31.9 Å². The third-order valence-corrected chi connectivity index (χ3v) is 7.97. The molecule has 2 saturated heterocycles. The average Bonchev–Trinajstić information content (AvgIpc) is 3.37. The summed E-state index contributed by atoms with van der Waals surface area (Å²) in [6.45, 7) is 6.64. The van der Waals surface area contributed by atoms with Gasteiger partial charge in [-0.15, -0.1) is 11.3 Å². The van der Waals surface area contributed by atoms with Gasteiger partial charge in [-0.05, 0) is 62.1 Å². The number of piperidine rings is 1. The van der Waals surface area contributed by atoms with Crippen molar-refractivity contribution in [2.45, 2.75) is 38.7 Å². The number of rotatable bonds is 7. The maximum atomic E-state index is 12.8. The molecule has 1 aromatic heterocycles. The zero-order valence-corrected chi connectivity index (χ0v) is 21.5. The molecule has 188 valence electrons. The number of benzene rings is 2. The Labute approximate surface area is 215 Å². The van der Waals surface area contributed by atoms with Crippen LogP contribution in [0, 0.1) is 13.8 Å². The summed E-state index contributed by atoms with van der Waals surface area (Å²) in [5, 5.41) is 2.84. The summed E-state index contributed by atoms with van der Waals surface area (Å²) >= 11 is 1.54. The smallest absolute Gasteiger partial charge is 0.273 e. The summed E-state index contributed by atoms with van der Waals surface area (Å²) in [7, 11) is 0. The highest BCUT2D eigenvalue weighted by molar-refractivity contribution is 7.09. The van der Waals surface area contributed by atoms with Crippen LogP contribution >= 0.6 is 11.3 Å². The minimum absolute atomic E-state index is 0.00624. The highest BCUT2D eigenvalue weighted by Crippen LogP contribution is 2.31. The highest BCUT2D eigenvalue weighted by Gasteiger charge is 2.34. The van der Waals surface area contributed by atoms with Gasteiger partial charge in [0.05, 0.1) is 18.1 Å². The van der Waals surface area contributed by atoms with Crippen molar-refractivity contribution in [3.05, 3.63) is 75.7 Å². The van der Waals surface area contributed by atoms with E-state index in [9.17, 15) is 9.59 Å². The number of aryl methyl sites for hydroxylation is 2. The Kier molecular flexibility index (Phi) is 7.23. The minimum atomic E-state index is -0.0403. The molecule has 7 nitrogen and oxygen atoms in total. The van der Waals surface area contributed by atoms with Crippen LogP contribution in [0.4, 0.5) is 0 Å². The number of likely N-dealkylation sites (tertiary alicyclic amines) is 2. The Morgan fingerprint density at radius 1 is 0.972 bits per heavy atom. The summed E-state index contributed by atoms with van der Waals surface area (Å²) in [6, 6.07) is 15.6. The molecular weight excluding hydrogens is 474 g/mol. The van der Waals surface area contributed by atoms with E-state index < -0.39 is 0 Å². The molecule has 2 aliphatic rings. The predicted molar refractivity (Wildman–Crippen MR) is 139 cm³/mol. The standard InChI is InChI=1S/C28H31N3O4S/c1-19-8-9-23(14-20(19)2)34-17-26(32)30-12-10-21(11-13-30)27-29-25(18-36-27)28(33)31-15-24(16-31)35-22-6-4-3-5-7-22/h3-9,14,18,21,24H,10-13,15-17H2,1-2H3. The lowest BCUT2D eigenvalue weighted by atomic mass is 9.97. The van der Waals surface area contributed by atoms with Gasteiger partial charge in [0.25, 0.3) is 11.8 Å². The van der Waals surface area contributed by atoms with Crippen molar-refractivity contribution in [2.24, 2.45) is 0 Å².